The lowest BCUT2D eigenvalue weighted by molar-refractivity contribution is -0.395. The van der Waals surface area contributed by atoms with Crippen LogP contribution in [-0.2, 0) is 14.3 Å². The summed E-state index contributed by atoms with van der Waals surface area (Å²) >= 11 is 0. The Labute approximate surface area is 121 Å². The van der Waals surface area contributed by atoms with Gasteiger partial charge in [-0.25, -0.2) is 0 Å². The molecule has 1 aromatic carbocycles. The summed E-state index contributed by atoms with van der Waals surface area (Å²) in [6.45, 7) is 3.27. The van der Waals surface area contributed by atoms with Gasteiger partial charge in [-0.3, -0.25) is 4.18 Å². The van der Waals surface area contributed by atoms with Gasteiger partial charge in [0.1, 0.15) is 23.0 Å². The van der Waals surface area contributed by atoms with Gasteiger partial charge in [0.2, 0.25) is 0 Å². The third-order valence-corrected chi connectivity index (χ3v) is 4.13. The van der Waals surface area contributed by atoms with E-state index in [4.69, 9.17) is 4.18 Å². The van der Waals surface area contributed by atoms with Gasteiger partial charge in [-0.15, -0.1) is 0 Å². The highest BCUT2D eigenvalue weighted by Gasteiger charge is 2.26. The predicted molar refractivity (Wildman–Crippen MR) is 73.8 cm³/mol. The highest BCUT2D eigenvalue weighted by molar-refractivity contribution is 7.86. The predicted octanol–water partition coefficient (Wildman–Crippen LogP) is 1.81. The lowest BCUT2D eigenvalue weighted by Gasteiger charge is -2.10. The molecule has 21 heavy (non-hydrogen) atoms. The van der Waals surface area contributed by atoms with E-state index in [0.717, 1.165) is 10.1 Å². The first kappa shape index (κ1) is 15.1. The number of nitrogens with zero attached hydrogens (tertiary/aromatic N) is 3. The van der Waals surface area contributed by atoms with Crippen LogP contribution in [0, 0.1) is 17.0 Å². The van der Waals surface area contributed by atoms with Crippen LogP contribution in [0.3, 0.4) is 0 Å². The SMILES string of the molecule is CCOS(=O)(=O)c1ccc(C)cc1-n1ccnc1[N+](=O)[O-]. The van der Waals surface area contributed by atoms with Gasteiger partial charge in [0, 0.05) is 0 Å². The average molecular weight is 311 g/mol. The van der Waals surface area contributed by atoms with Crippen molar-refractivity contribution in [3.05, 3.63) is 46.3 Å². The zero-order chi connectivity index (χ0) is 15.6. The molecule has 1 aromatic heterocycles. The molecule has 0 N–H and O–H groups in total. The number of benzene rings is 1. The van der Waals surface area contributed by atoms with E-state index in [1.165, 1.54) is 24.5 Å². The maximum atomic E-state index is 12.1. The average Bonchev–Trinajstić information content (AvgIpc) is 2.87. The Morgan fingerprint density at radius 1 is 1.43 bits per heavy atom. The fraction of sp³-hybridized carbons (Fsp3) is 0.250. The van der Waals surface area contributed by atoms with E-state index < -0.39 is 21.0 Å². The van der Waals surface area contributed by atoms with E-state index in [-0.39, 0.29) is 17.2 Å². The maximum Gasteiger partial charge on any atom is 0.439 e. The number of imidazole rings is 1. The number of aromatic nitrogens is 2. The van der Waals surface area contributed by atoms with Crippen LogP contribution < -0.4 is 0 Å². The molecule has 0 aliphatic heterocycles. The maximum absolute atomic E-state index is 12.1. The first-order chi connectivity index (χ1) is 9.86. The van der Waals surface area contributed by atoms with E-state index in [0.29, 0.717) is 0 Å². The fourth-order valence-electron chi connectivity index (χ4n) is 1.86. The van der Waals surface area contributed by atoms with E-state index >= 15 is 0 Å². The molecule has 2 aromatic rings. The first-order valence-electron chi connectivity index (χ1n) is 6.05. The van der Waals surface area contributed by atoms with Gasteiger partial charge in [0.05, 0.1) is 6.61 Å². The summed E-state index contributed by atoms with van der Waals surface area (Å²) in [5, 5.41) is 11.0. The molecule has 0 amide bonds. The Morgan fingerprint density at radius 2 is 2.14 bits per heavy atom. The molecule has 0 radical (unpaired) electrons. The molecule has 0 unspecified atom stereocenters. The minimum absolute atomic E-state index is 0.0261. The highest BCUT2D eigenvalue weighted by Crippen LogP contribution is 2.26. The van der Waals surface area contributed by atoms with Crippen molar-refractivity contribution in [2.75, 3.05) is 6.61 Å². The summed E-state index contributed by atoms with van der Waals surface area (Å²) in [6, 6.07) is 4.48. The molecule has 0 aliphatic rings. The molecule has 0 aliphatic carbocycles. The minimum Gasteiger partial charge on any atom is -0.390 e. The van der Waals surface area contributed by atoms with Crippen LogP contribution >= 0.6 is 0 Å². The normalized spacial score (nSPS) is 11.5. The summed E-state index contributed by atoms with van der Waals surface area (Å²) in [5.41, 5.74) is 0.885. The topological polar surface area (TPSA) is 104 Å². The van der Waals surface area contributed by atoms with Gasteiger partial charge >= 0.3 is 5.95 Å². The first-order valence-corrected chi connectivity index (χ1v) is 7.46. The second kappa shape index (κ2) is 5.62. The van der Waals surface area contributed by atoms with E-state index in [2.05, 4.69) is 4.98 Å². The highest BCUT2D eigenvalue weighted by atomic mass is 32.2. The summed E-state index contributed by atoms with van der Waals surface area (Å²) < 4.78 is 30.1. The molecule has 0 bridgehead atoms. The van der Waals surface area contributed by atoms with E-state index in [1.54, 1.807) is 19.9 Å². The molecule has 9 heteroatoms. The van der Waals surface area contributed by atoms with E-state index in [9.17, 15) is 18.5 Å². The van der Waals surface area contributed by atoms with Crippen molar-refractivity contribution in [2.45, 2.75) is 18.7 Å². The fourth-order valence-corrected chi connectivity index (χ4v) is 2.95. The molecular weight excluding hydrogens is 298 g/mol. The van der Waals surface area contributed by atoms with Crippen LogP contribution in [0.2, 0.25) is 0 Å². The van der Waals surface area contributed by atoms with Gasteiger partial charge in [-0.05, 0) is 36.5 Å². The van der Waals surface area contributed by atoms with Crippen LogP contribution in [0.15, 0.2) is 35.5 Å². The van der Waals surface area contributed by atoms with Crippen molar-refractivity contribution in [3.63, 3.8) is 0 Å². The summed E-state index contributed by atoms with van der Waals surface area (Å²) in [4.78, 5) is 13.8. The zero-order valence-corrected chi connectivity index (χ0v) is 12.2. The van der Waals surface area contributed by atoms with Crippen molar-refractivity contribution in [1.29, 1.82) is 0 Å². The van der Waals surface area contributed by atoms with Gasteiger partial charge in [0.25, 0.3) is 10.1 Å². The number of aryl methyl sites for hydroxylation is 1. The van der Waals surface area contributed by atoms with Crippen molar-refractivity contribution >= 4 is 16.1 Å². The van der Waals surface area contributed by atoms with Crippen LogP contribution in [0.5, 0.6) is 0 Å². The minimum atomic E-state index is -4.00. The Hall–Kier alpha value is -2.26. The Morgan fingerprint density at radius 3 is 2.76 bits per heavy atom. The molecule has 0 atom stereocenters. The smallest absolute Gasteiger partial charge is 0.390 e. The number of hydrogen-bond donors (Lipinski definition) is 0. The molecule has 1 heterocycles. The zero-order valence-electron chi connectivity index (χ0n) is 11.4. The summed E-state index contributed by atoms with van der Waals surface area (Å²) in [7, 11) is -4.00. The number of hydrogen-bond acceptors (Lipinski definition) is 6. The van der Waals surface area contributed by atoms with Gasteiger partial charge < -0.3 is 10.1 Å². The van der Waals surface area contributed by atoms with Crippen LogP contribution in [-0.4, -0.2) is 29.5 Å². The second-order valence-corrected chi connectivity index (χ2v) is 5.77. The Balaban J connectivity index is 2.71. The third-order valence-electron chi connectivity index (χ3n) is 2.70. The van der Waals surface area contributed by atoms with Crippen molar-refractivity contribution in [3.8, 4) is 5.69 Å². The molecule has 0 saturated heterocycles. The molecule has 112 valence electrons. The Bertz CT molecular complexity index is 782. The molecule has 0 fully saturated rings. The Kier molecular flexibility index (Phi) is 4.05. The van der Waals surface area contributed by atoms with Gasteiger partial charge in [-0.1, -0.05) is 11.1 Å². The second-order valence-electron chi connectivity index (χ2n) is 4.19. The third kappa shape index (κ3) is 2.93. The molecular formula is C12H13N3O5S. The van der Waals surface area contributed by atoms with Crippen molar-refractivity contribution < 1.29 is 17.5 Å². The van der Waals surface area contributed by atoms with Gasteiger partial charge in [0.15, 0.2) is 0 Å². The number of rotatable bonds is 5. The quantitative estimate of drug-likeness (QED) is 0.474. The largest absolute Gasteiger partial charge is 0.439 e. The summed E-state index contributed by atoms with van der Waals surface area (Å²) in [6.07, 6.45) is 2.56. The lowest BCUT2D eigenvalue weighted by Crippen LogP contribution is -2.11. The molecule has 0 spiro atoms. The number of nitro groups is 1. The van der Waals surface area contributed by atoms with Crippen LogP contribution in [0.4, 0.5) is 5.95 Å². The molecule has 2 rings (SSSR count). The lowest BCUT2D eigenvalue weighted by atomic mass is 10.2. The van der Waals surface area contributed by atoms with Crippen LogP contribution in [0.1, 0.15) is 12.5 Å². The molecule has 0 saturated carbocycles. The standard InChI is InChI=1S/C12H13N3O5S/c1-3-20-21(18,19)11-5-4-9(2)8-10(11)14-7-6-13-12(14)15(16)17/h4-8H,3H2,1-2H3. The van der Waals surface area contributed by atoms with Crippen LogP contribution in [0.25, 0.3) is 5.69 Å². The van der Waals surface area contributed by atoms with Gasteiger partial charge in [-0.2, -0.15) is 13.0 Å². The van der Waals surface area contributed by atoms with Crippen molar-refractivity contribution in [1.82, 2.24) is 9.55 Å². The van der Waals surface area contributed by atoms with E-state index in [1.807, 2.05) is 0 Å². The summed E-state index contributed by atoms with van der Waals surface area (Å²) in [5.74, 6) is -0.464. The monoisotopic (exact) mass is 311 g/mol. The van der Waals surface area contributed by atoms with Crippen molar-refractivity contribution in [2.24, 2.45) is 0 Å². The molecule has 8 nitrogen and oxygen atoms in total.